The van der Waals surface area contributed by atoms with E-state index < -0.39 is 0 Å². The summed E-state index contributed by atoms with van der Waals surface area (Å²) in [5.74, 6) is 0. The number of nitrogens with one attached hydrogen (secondary N) is 1. The van der Waals surface area contributed by atoms with Gasteiger partial charge in [0.2, 0.25) is 0 Å². The van der Waals surface area contributed by atoms with Crippen molar-refractivity contribution in [3.8, 4) is 0 Å². The van der Waals surface area contributed by atoms with Gasteiger partial charge < -0.3 is 10.8 Å². The summed E-state index contributed by atoms with van der Waals surface area (Å²) in [6.07, 6.45) is 1.23. The maximum Gasteiger partial charge on any atom is 0.0603 e. The van der Waals surface area contributed by atoms with Gasteiger partial charge in [0.1, 0.15) is 0 Å². The molecule has 1 aromatic carbocycles. The van der Waals surface area contributed by atoms with Crippen LogP contribution in [0.1, 0.15) is 6.42 Å². The number of rotatable bonds is 2. The molecule has 0 saturated carbocycles. The molecule has 1 aromatic rings. The van der Waals surface area contributed by atoms with Crippen molar-refractivity contribution in [1.82, 2.24) is 5.32 Å². The van der Waals surface area contributed by atoms with Crippen molar-refractivity contribution < 1.29 is 5.48 Å². The first kappa shape index (κ1) is 16.4. The molecule has 0 aromatic heterocycles. The van der Waals surface area contributed by atoms with E-state index in [0.717, 1.165) is 13.1 Å². The molecule has 0 spiro atoms. The van der Waals surface area contributed by atoms with Gasteiger partial charge in [-0.25, -0.2) is 0 Å². The second-order valence-electron chi connectivity index (χ2n) is 3.31. The van der Waals surface area contributed by atoms with Crippen LogP contribution in [-0.2, 0) is 0 Å². The highest BCUT2D eigenvalue weighted by molar-refractivity contribution is 8.00. The van der Waals surface area contributed by atoms with Crippen LogP contribution < -0.4 is 5.32 Å². The van der Waals surface area contributed by atoms with Gasteiger partial charge in [-0.05, 0) is 31.2 Å². The highest BCUT2D eigenvalue weighted by Crippen LogP contribution is 2.31. The fourth-order valence-corrected chi connectivity index (χ4v) is 2.99. The van der Waals surface area contributed by atoms with Crippen LogP contribution in [0.4, 0.5) is 0 Å². The average Bonchev–Trinajstić information content (AvgIpc) is 2.64. The molecule has 1 unspecified atom stereocenters. The maximum absolute atomic E-state index is 5.94. The Labute approximate surface area is 116 Å². The molecule has 0 bridgehead atoms. The largest absolute Gasteiger partial charge is 0.412 e. The molecule has 3 N–H and O–H groups in total. The Kier molecular flexibility index (Phi) is 7.81. The zero-order valence-corrected chi connectivity index (χ0v) is 11.6. The van der Waals surface area contributed by atoms with Crippen LogP contribution in [0.15, 0.2) is 23.1 Å². The standard InChI is InChI=1S/C10H11Cl2NS.ClH.H2O/c11-9-2-1-7(5-10(9)12)14-8-3-4-13-6-8;;/h1-2,5,8,13H,3-4,6H2;1H;1H2. The molecular formula is C10H14Cl3NOS. The van der Waals surface area contributed by atoms with Crippen LogP contribution in [0.25, 0.3) is 0 Å². The molecule has 1 aliphatic rings. The molecule has 2 rings (SSSR count). The van der Waals surface area contributed by atoms with Crippen molar-refractivity contribution in [1.29, 1.82) is 0 Å². The molecule has 1 fully saturated rings. The summed E-state index contributed by atoms with van der Waals surface area (Å²) in [5, 5.41) is 5.28. The summed E-state index contributed by atoms with van der Waals surface area (Å²) in [6.45, 7) is 2.21. The average molecular weight is 303 g/mol. The molecule has 0 aliphatic carbocycles. The van der Waals surface area contributed by atoms with E-state index in [-0.39, 0.29) is 17.9 Å². The molecule has 2 nitrogen and oxygen atoms in total. The monoisotopic (exact) mass is 301 g/mol. The first-order valence-electron chi connectivity index (χ1n) is 4.58. The molecule has 1 saturated heterocycles. The summed E-state index contributed by atoms with van der Waals surface area (Å²) in [7, 11) is 0. The van der Waals surface area contributed by atoms with Crippen LogP contribution in [0, 0.1) is 0 Å². The molecular weight excluding hydrogens is 289 g/mol. The molecule has 6 heteroatoms. The predicted octanol–water partition coefficient (Wildman–Crippen LogP) is 3.04. The molecule has 16 heavy (non-hydrogen) atoms. The van der Waals surface area contributed by atoms with Crippen molar-refractivity contribution in [2.45, 2.75) is 16.6 Å². The maximum atomic E-state index is 5.94. The van der Waals surface area contributed by atoms with Crippen molar-refractivity contribution in [2.24, 2.45) is 0 Å². The van der Waals surface area contributed by atoms with Gasteiger partial charge in [0, 0.05) is 16.7 Å². The predicted molar refractivity (Wildman–Crippen MR) is 74.5 cm³/mol. The molecule has 0 radical (unpaired) electrons. The van der Waals surface area contributed by atoms with Gasteiger partial charge in [-0.3, -0.25) is 0 Å². The van der Waals surface area contributed by atoms with E-state index in [9.17, 15) is 0 Å². The van der Waals surface area contributed by atoms with Gasteiger partial charge in [-0.1, -0.05) is 23.2 Å². The normalized spacial score (nSPS) is 18.8. The Hall–Kier alpha value is 0.360. The summed E-state index contributed by atoms with van der Waals surface area (Å²) < 4.78 is 0. The van der Waals surface area contributed by atoms with Crippen LogP contribution in [0.2, 0.25) is 10.0 Å². The SMILES string of the molecule is Cl.Clc1ccc(SC2CCNC2)cc1Cl.O. The minimum Gasteiger partial charge on any atom is -0.412 e. The Morgan fingerprint density at radius 1 is 1.25 bits per heavy atom. The third-order valence-electron chi connectivity index (χ3n) is 2.21. The van der Waals surface area contributed by atoms with Crippen LogP contribution in [0.3, 0.4) is 0 Å². The van der Waals surface area contributed by atoms with Crippen LogP contribution in [0.5, 0.6) is 0 Å². The summed E-state index contributed by atoms with van der Waals surface area (Å²) in [5.41, 5.74) is 0. The number of halogens is 3. The third-order valence-corrected chi connectivity index (χ3v) is 4.21. The van der Waals surface area contributed by atoms with Gasteiger partial charge in [-0.2, -0.15) is 0 Å². The fraction of sp³-hybridized carbons (Fsp3) is 0.400. The van der Waals surface area contributed by atoms with Gasteiger partial charge in [0.05, 0.1) is 10.0 Å². The zero-order chi connectivity index (χ0) is 9.97. The third kappa shape index (κ3) is 4.32. The highest BCUT2D eigenvalue weighted by Gasteiger charge is 2.15. The number of hydrogen-bond acceptors (Lipinski definition) is 2. The Morgan fingerprint density at radius 2 is 2.00 bits per heavy atom. The second-order valence-corrected chi connectivity index (χ2v) is 5.50. The summed E-state index contributed by atoms with van der Waals surface area (Å²) >= 11 is 13.7. The van der Waals surface area contributed by atoms with E-state index in [1.807, 2.05) is 30.0 Å². The smallest absolute Gasteiger partial charge is 0.0603 e. The lowest BCUT2D eigenvalue weighted by atomic mass is 10.4. The molecule has 1 heterocycles. The van der Waals surface area contributed by atoms with Gasteiger partial charge in [-0.15, -0.1) is 24.2 Å². The quantitative estimate of drug-likeness (QED) is 0.912. The highest BCUT2D eigenvalue weighted by atomic mass is 35.5. The van der Waals surface area contributed by atoms with E-state index in [1.54, 1.807) is 0 Å². The van der Waals surface area contributed by atoms with E-state index in [1.165, 1.54) is 11.3 Å². The minimum atomic E-state index is 0. The Balaban J connectivity index is 0.00000112. The van der Waals surface area contributed by atoms with E-state index in [2.05, 4.69) is 5.32 Å². The lowest BCUT2D eigenvalue weighted by molar-refractivity contribution is 0.824. The van der Waals surface area contributed by atoms with Gasteiger partial charge >= 0.3 is 0 Å². The van der Waals surface area contributed by atoms with Crippen molar-refractivity contribution >= 4 is 47.4 Å². The van der Waals surface area contributed by atoms with E-state index in [4.69, 9.17) is 23.2 Å². The van der Waals surface area contributed by atoms with Crippen molar-refractivity contribution in [2.75, 3.05) is 13.1 Å². The van der Waals surface area contributed by atoms with Crippen molar-refractivity contribution in [3.63, 3.8) is 0 Å². The zero-order valence-electron chi connectivity index (χ0n) is 8.50. The Bertz CT molecular complexity index is 332. The van der Waals surface area contributed by atoms with Crippen LogP contribution >= 0.6 is 47.4 Å². The van der Waals surface area contributed by atoms with E-state index >= 15 is 0 Å². The van der Waals surface area contributed by atoms with Gasteiger partial charge in [0.15, 0.2) is 0 Å². The van der Waals surface area contributed by atoms with Crippen LogP contribution in [-0.4, -0.2) is 23.8 Å². The number of benzene rings is 1. The van der Waals surface area contributed by atoms with Gasteiger partial charge in [0.25, 0.3) is 0 Å². The molecule has 0 amide bonds. The minimum absolute atomic E-state index is 0. The Morgan fingerprint density at radius 3 is 2.56 bits per heavy atom. The lowest BCUT2D eigenvalue weighted by Crippen LogP contribution is -2.09. The lowest BCUT2D eigenvalue weighted by Gasteiger charge is -2.08. The fourth-order valence-electron chi connectivity index (χ4n) is 1.47. The topological polar surface area (TPSA) is 43.5 Å². The first-order valence-corrected chi connectivity index (χ1v) is 6.22. The van der Waals surface area contributed by atoms with Crippen molar-refractivity contribution in [3.05, 3.63) is 28.2 Å². The molecule has 92 valence electrons. The second kappa shape index (κ2) is 7.64. The number of hydrogen-bond donors (Lipinski definition) is 1. The van der Waals surface area contributed by atoms with E-state index in [0.29, 0.717) is 15.3 Å². The molecule has 1 aliphatic heterocycles. The number of thioether (sulfide) groups is 1. The first-order chi connectivity index (χ1) is 6.75. The summed E-state index contributed by atoms with van der Waals surface area (Å²) in [6, 6.07) is 5.82. The molecule has 1 atom stereocenters. The summed E-state index contributed by atoms with van der Waals surface area (Å²) in [4.78, 5) is 1.20.